The van der Waals surface area contributed by atoms with Gasteiger partial charge in [-0.15, -0.1) is 0 Å². The van der Waals surface area contributed by atoms with Crippen LogP contribution >= 0.6 is 11.6 Å². The van der Waals surface area contributed by atoms with Gasteiger partial charge in [0.15, 0.2) is 0 Å². The SMILES string of the molecule is COc1nc(-c2cccc(-c3cccc(NC(=O)C4CNC(=O)N(C)C4=O)c3C)c2Cl)ccc1CNC[C@@H]1CCC(=O)N1. The molecule has 0 aliphatic carbocycles. The van der Waals surface area contributed by atoms with E-state index < -0.39 is 23.8 Å². The summed E-state index contributed by atoms with van der Waals surface area (Å²) < 4.78 is 5.59. The summed E-state index contributed by atoms with van der Waals surface area (Å²) in [5.41, 5.74) is 5.08. The van der Waals surface area contributed by atoms with Crippen LogP contribution in [-0.4, -0.2) is 66.9 Å². The molecule has 11 nitrogen and oxygen atoms in total. The molecule has 5 rings (SSSR count). The molecule has 2 atom stereocenters. The average Bonchev–Trinajstić information content (AvgIpc) is 3.42. The molecular weight excluding hydrogens is 572 g/mol. The lowest BCUT2D eigenvalue weighted by atomic mass is 9.96. The smallest absolute Gasteiger partial charge is 0.323 e. The number of imide groups is 1. The van der Waals surface area contributed by atoms with Gasteiger partial charge >= 0.3 is 6.03 Å². The Balaban J connectivity index is 1.35. The monoisotopic (exact) mass is 604 g/mol. The summed E-state index contributed by atoms with van der Waals surface area (Å²) in [7, 11) is 2.91. The molecule has 2 aliphatic heterocycles. The van der Waals surface area contributed by atoms with Crippen molar-refractivity contribution in [1.29, 1.82) is 0 Å². The largest absolute Gasteiger partial charge is 0.481 e. The summed E-state index contributed by atoms with van der Waals surface area (Å²) >= 11 is 6.98. The Kier molecular flexibility index (Phi) is 8.93. The van der Waals surface area contributed by atoms with Gasteiger partial charge in [-0.1, -0.05) is 48.0 Å². The molecule has 43 heavy (non-hydrogen) atoms. The Morgan fingerprint density at radius 1 is 1.09 bits per heavy atom. The van der Waals surface area contributed by atoms with Crippen molar-refractivity contribution >= 4 is 41.0 Å². The molecule has 2 aromatic carbocycles. The van der Waals surface area contributed by atoms with E-state index in [1.54, 1.807) is 19.2 Å². The van der Waals surface area contributed by atoms with Crippen molar-refractivity contribution in [2.24, 2.45) is 5.92 Å². The van der Waals surface area contributed by atoms with E-state index in [0.29, 0.717) is 47.4 Å². The van der Waals surface area contributed by atoms with Crippen LogP contribution in [0.4, 0.5) is 10.5 Å². The lowest BCUT2D eigenvalue weighted by Crippen LogP contribution is -2.56. The highest BCUT2D eigenvalue weighted by Crippen LogP contribution is 2.39. The quantitative estimate of drug-likeness (QED) is 0.274. The number of aromatic nitrogens is 1. The first-order chi connectivity index (χ1) is 20.7. The maximum atomic E-state index is 13.0. The summed E-state index contributed by atoms with van der Waals surface area (Å²) in [6.07, 6.45) is 1.38. The number of hydrogen-bond acceptors (Lipinski definition) is 7. The fourth-order valence-corrected chi connectivity index (χ4v) is 5.62. The van der Waals surface area contributed by atoms with Gasteiger partial charge in [0.2, 0.25) is 23.6 Å². The number of rotatable bonds is 9. The normalized spacial score (nSPS) is 18.3. The highest BCUT2D eigenvalue weighted by Gasteiger charge is 2.36. The van der Waals surface area contributed by atoms with E-state index >= 15 is 0 Å². The average molecular weight is 605 g/mol. The van der Waals surface area contributed by atoms with E-state index in [0.717, 1.165) is 33.6 Å². The number of carbonyl (C=O) groups excluding carboxylic acids is 4. The van der Waals surface area contributed by atoms with Crippen LogP contribution in [0.2, 0.25) is 5.02 Å². The number of nitrogens with zero attached hydrogens (tertiary/aromatic N) is 2. The topological polar surface area (TPSA) is 142 Å². The first-order valence-corrected chi connectivity index (χ1v) is 14.3. The predicted octanol–water partition coefficient (Wildman–Crippen LogP) is 3.49. The molecule has 5 amide bonds. The van der Waals surface area contributed by atoms with Gasteiger partial charge in [0.1, 0.15) is 5.92 Å². The highest BCUT2D eigenvalue weighted by molar-refractivity contribution is 6.36. The van der Waals surface area contributed by atoms with Crippen molar-refractivity contribution in [3.8, 4) is 28.3 Å². The van der Waals surface area contributed by atoms with Crippen molar-refractivity contribution in [2.75, 3.05) is 32.6 Å². The van der Waals surface area contributed by atoms with Gasteiger partial charge in [0.25, 0.3) is 0 Å². The van der Waals surface area contributed by atoms with Crippen molar-refractivity contribution < 1.29 is 23.9 Å². The maximum Gasteiger partial charge on any atom is 0.323 e. The van der Waals surface area contributed by atoms with Gasteiger partial charge in [-0.3, -0.25) is 19.3 Å². The minimum absolute atomic E-state index is 0.0650. The Morgan fingerprint density at radius 2 is 1.84 bits per heavy atom. The van der Waals surface area contributed by atoms with Crippen molar-refractivity contribution in [3.63, 3.8) is 0 Å². The molecule has 2 saturated heterocycles. The van der Waals surface area contributed by atoms with Gasteiger partial charge in [-0.2, -0.15) is 0 Å². The molecule has 2 aliphatic rings. The van der Waals surface area contributed by atoms with Crippen LogP contribution in [0.3, 0.4) is 0 Å². The van der Waals surface area contributed by atoms with E-state index in [9.17, 15) is 19.2 Å². The molecule has 0 bridgehead atoms. The molecule has 0 radical (unpaired) electrons. The summed E-state index contributed by atoms with van der Waals surface area (Å²) in [6.45, 7) is 2.99. The van der Waals surface area contributed by atoms with Crippen LogP contribution in [0.1, 0.15) is 24.0 Å². The van der Waals surface area contributed by atoms with E-state index in [2.05, 4.69) is 21.3 Å². The number of halogens is 1. The molecule has 3 aromatic rings. The molecular formula is C31H33ClN6O5. The van der Waals surface area contributed by atoms with Crippen LogP contribution in [0.25, 0.3) is 22.4 Å². The maximum absolute atomic E-state index is 13.0. The minimum Gasteiger partial charge on any atom is -0.481 e. The van der Waals surface area contributed by atoms with Crippen molar-refractivity contribution in [3.05, 3.63) is 64.7 Å². The standard InChI is InChI=1S/C31H33ClN6O5/c1-17-20(6-5-9-24(17)36-28(40)23-16-34-31(42)38(2)30(23)41)21-7-4-8-22(27(21)32)25-12-10-18(29(37-25)43-3)14-33-15-19-11-13-26(39)35-19/h4-10,12,19,23,33H,11,13-16H2,1-3H3,(H,34,42)(H,35,39)(H,36,40)/t19-,23?/m0/s1. The van der Waals surface area contributed by atoms with Crippen LogP contribution in [0, 0.1) is 12.8 Å². The first-order valence-electron chi connectivity index (χ1n) is 14.0. The number of anilines is 1. The number of pyridine rings is 1. The summed E-state index contributed by atoms with van der Waals surface area (Å²) in [4.78, 5) is 54.3. The second-order valence-corrected chi connectivity index (χ2v) is 10.9. The summed E-state index contributed by atoms with van der Waals surface area (Å²) in [6, 6.07) is 14.6. The van der Waals surface area contributed by atoms with Gasteiger partial charge in [0.05, 0.1) is 17.8 Å². The van der Waals surface area contributed by atoms with Crippen LogP contribution in [0.5, 0.6) is 5.88 Å². The number of methoxy groups -OCH3 is 1. The Labute approximate surface area is 254 Å². The Bertz CT molecular complexity index is 1590. The third-order valence-electron chi connectivity index (χ3n) is 7.79. The molecule has 0 spiro atoms. The van der Waals surface area contributed by atoms with Crippen LogP contribution < -0.4 is 26.0 Å². The predicted molar refractivity (Wildman–Crippen MR) is 163 cm³/mol. The van der Waals surface area contributed by atoms with Crippen LogP contribution in [0.15, 0.2) is 48.5 Å². The van der Waals surface area contributed by atoms with Crippen molar-refractivity contribution in [1.82, 2.24) is 25.8 Å². The lowest BCUT2D eigenvalue weighted by Gasteiger charge is -2.28. The number of hydrogen-bond donors (Lipinski definition) is 4. The molecule has 4 N–H and O–H groups in total. The fourth-order valence-electron chi connectivity index (χ4n) is 5.30. The number of ether oxygens (including phenoxy) is 1. The van der Waals surface area contributed by atoms with E-state index in [1.807, 2.05) is 43.3 Å². The second kappa shape index (κ2) is 12.8. The van der Waals surface area contributed by atoms with E-state index in [-0.39, 0.29) is 18.5 Å². The third-order valence-corrected chi connectivity index (χ3v) is 8.19. The van der Waals surface area contributed by atoms with Gasteiger partial charge in [-0.25, -0.2) is 9.78 Å². The molecule has 224 valence electrons. The highest BCUT2D eigenvalue weighted by atomic mass is 35.5. The molecule has 1 aromatic heterocycles. The number of urea groups is 1. The molecule has 12 heteroatoms. The first kappa shape index (κ1) is 30.0. The fraction of sp³-hybridized carbons (Fsp3) is 0.323. The van der Waals surface area contributed by atoms with Crippen LogP contribution in [-0.2, 0) is 20.9 Å². The number of nitrogens with one attached hydrogen (secondary N) is 4. The zero-order valence-corrected chi connectivity index (χ0v) is 24.9. The molecule has 0 saturated carbocycles. The molecule has 1 unspecified atom stereocenters. The molecule has 3 heterocycles. The van der Waals surface area contributed by atoms with Gasteiger partial charge in [0, 0.05) is 61.5 Å². The minimum atomic E-state index is -1.03. The Hall–Kier alpha value is -4.48. The number of amides is 5. The lowest BCUT2D eigenvalue weighted by molar-refractivity contribution is -0.138. The second-order valence-electron chi connectivity index (χ2n) is 10.6. The summed E-state index contributed by atoms with van der Waals surface area (Å²) in [5.74, 6) is -1.53. The summed E-state index contributed by atoms with van der Waals surface area (Å²) in [5, 5.41) is 12.2. The number of benzene rings is 2. The van der Waals surface area contributed by atoms with Gasteiger partial charge in [-0.05, 0) is 36.6 Å². The van der Waals surface area contributed by atoms with E-state index in [1.165, 1.54) is 7.05 Å². The molecule has 2 fully saturated rings. The number of carbonyl (C=O) groups is 4. The Morgan fingerprint density at radius 3 is 2.58 bits per heavy atom. The van der Waals surface area contributed by atoms with Crippen molar-refractivity contribution in [2.45, 2.75) is 32.4 Å². The van der Waals surface area contributed by atoms with Gasteiger partial charge < -0.3 is 26.0 Å². The third kappa shape index (κ3) is 6.32. The zero-order chi connectivity index (χ0) is 30.7. The van der Waals surface area contributed by atoms with E-state index in [4.69, 9.17) is 21.3 Å². The zero-order valence-electron chi connectivity index (χ0n) is 24.1.